The van der Waals surface area contributed by atoms with Crippen molar-refractivity contribution in [2.45, 2.75) is 51.5 Å². The lowest BCUT2D eigenvalue weighted by Crippen LogP contribution is -2.38. The largest absolute Gasteiger partial charge is 0.481 e. The molecule has 7 heteroatoms. The number of aliphatic carboxylic acids is 1. The van der Waals surface area contributed by atoms with Crippen molar-refractivity contribution < 1.29 is 24.2 Å². The molecular formula is C28H34N2O5. The van der Waals surface area contributed by atoms with Gasteiger partial charge in [-0.3, -0.25) is 9.59 Å². The Kier molecular flexibility index (Phi) is 7.73. The molecule has 2 aromatic carbocycles. The predicted molar refractivity (Wildman–Crippen MR) is 133 cm³/mol. The third-order valence-electron chi connectivity index (χ3n) is 7.10. The molecule has 7 nitrogen and oxygen atoms in total. The Bertz CT molecular complexity index is 1040. The maximum atomic E-state index is 12.6. The van der Waals surface area contributed by atoms with E-state index in [0.29, 0.717) is 25.7 Å². The molecule has 1 saturated carbocycles. The molecule has 2 aliphatic rings. The van der Waals surface area contributed by atoms with Gasteiger partial charge in [0.25, 0.3) is 0 Å². The van der Waals surface area contributed by atoms with E-state index in [1.807, 2.05) is 38.1 Å². The molecule has 2 amide bonds. The number of carbonyl (C=O) groups excluding carboxylic acids is 2. The van der Waals surface area contributed by atoms with Crippen molar-refractivity contribution in [3.8, 4) is 11.1 Å². The van der Waals surface area contributed by atoms with Crippen molar-refractivity contribution in [2.24, 2.45) is 17.8 Å². The van der Waals surface area contributed by atoms with Crippen LogP contribution in [-0.2, 0) is 14.3 Å². The highest BCUT2D eigenvalue weighted by Gasteiger charge is 2.33. The van der Waals surface area contributed by atoms with E-state index < -0.39 is 18.0 Å². The second-order valence-electron chi connectivity index (χ2n) is 10.1. The number of fused-ring (bicyclic) bond motifs is 3. The lowest BCUT2D eigenvalue weighted by molar-refractivity contribution is -0.142. The number of hydrogen-bond acceptors (Lipinski definition) is 4. The van der Waals surface area contributed by atoms with Gasteiger partial charge in [-0.15, -0.1) is 0 Å². The van der Waals surface area contributed by atoms with Gasteiger partial charge in [0.2, 0.25) is 5.91 Å². The number of ether oxygens (including phenoxy) is 1. The molecule has 35 heavy (non-hydrogen) atoms. The summed E-state index contributed by atoms with van der Waals surface area (Å²) in [4.78, 5) is 36.5. The van der Waals surface area contributed by atoms with Crippen LogP contribution in [0, 0.1) is 17.8 Å². The van der Waals surface area contributed by atoms with Crippen LogP contribution in [0.2, 0.25) is 0 Å². The van der Waals surface area contributed by atoms with Gasteiger partial charge in [0.05, 0.1) is 5.92 Å². The lowest BCUT2D eigenvalue weighted by atomic mass is 9.97. The zero-order valence-electron chi connectivity index (χ0n) is 20.3. The molecule has 3 atom stereocenters. The summed E-state index contributed by atoms with van der Waals surface area (Å²) in [5.41, 5.74) is 4.69. The minimum absolute atomic E-state index is 0.00303. The first kappa shape index (κ1) is 24.8. The van der Waals surface area contributed by atoms with Crippen LogP contribution in [0.3, 0.4) is 0 Å². The summed E-state index contributed by atoms with van der Waals surface area (Å²) >= 11 is 0. The quantitative estimate of drug-likeness (QED) is 0.490. The van der Waals surface area contributed by atoms with Crippen LogP contribution in [0.5, 0.6) is 0 Å². The van der Waals surface area contributed by atoms with Gasteiger partial charge in [0, 0.05) is 24.4 Å². The Balaban J connectivity index is 1.25. The van der Waals surface area contributed by atoms with Crippen molar-refractivity contribution >= 4 is 18.0 Å². The van der Waals surface area contributed by atoms with E-state index in [1.54, 1.807) is 0 Å². The molecule has 0 aromatic heterocycles. The molecule has 3 unspecified atom stereocenters. The van der Waals surface area contributed by atoms with Crippen LogP contribution in [0.25, 0.3) is 11.1 Å². The monoisotopic (exact) mass is 478 g/mol. The number of nitrogens with one attached hydrogen (secondary N) is 2. The molecule has 0 aliphatic heterocycles. The molecule has 0 heterocycles. The van der Waals surface area contributed by atoms with Crippen molar-refractivity contribution in [1.29, 1.82) is 0 Å². The number of carboxylic acids is 1. The summed E-state index contributed by atoms with van der Waals surface area (Å²) in [5, 5.41) is 15.1. The molecule has 0 saturated heterocycles. The summed E-state index contributed by atoms with van der Waals surface area (Å²) in [5.74, 6) is -1.61. The Hall–Kier alpha value is -3.35. The lowest BCUT2D eigenvalue weighted by Gasteiger charge is -2.18. The fraction of sp³-hybridized carbons (Fsp3) is 0.464. The maximum absolute atomic E-state index is 12.6. The minimum Gasteiger partial charge on any atom is -0.481 e. The van der Waals surface area contributed by atoms with E-state index >= 15 is 0 Å². The first-order chi connectivity index (χ1) is 16.8. The SMILES string of the molecule is CC(C)CC(CNC(=O)C1CCC(NC(=O)OCC2c3ccccc3-c3ccccc32)C1)C(=O)O. The summed E-state index contributed by atoms with van der Waals surface area (Å²) in [6.07, 6.45) is 1.92. The van der Waals surface area contributed by atoms with E-state index in [9.17, 15) is 19.5 Å². The summed E-state index contributed by atoms with van der Waals surface area (Å²) < 4.78 is 5.62. The van der Waals surface area contributed by atoms with Crippen LogP contribution in [0.1, 0.15) is 56.6 Å². The number of rotatable bonds is 9. The van der Waals surface area contributed by atoms with Crippen LogP contribution in [-0.4, -0.2) is 42.3 Å². The van der Waals surface area contributed by atoms with Crippen molar-refractivity contribution in [3.63, 3.8) is 0 Å². The predicted octanol–water partition coefficient (Wildman–Crippen LogP) is 4.56. The van der Waals surface area contributed by atoms with E-state index in [2.05, 4.69) is 34.9 Å². The molecule has 1 fully saturated rings. The van der Waals surface area contributed by atoms with Crippen LogP contribution in [0.15, 0.2) is 48.5 Å². The summed E-state index contributed by atoms with van der Waals surface area (Å²) in [6, 6.07) is 16.3. The van der Waals surface area contributed by atoms with Crippen molar-refractivity contribution in [1.82, 2.24) is 10.6 Å². The van der Waals surface area contributed by atoms with Crippen LogP contribution in [0.4, 0.5) is 4.79 Å². The number of benzene rings is 2. The highest BCUT2D eigenvalue weighted by atomic mass is 16.5. The third kappa shape index (κ3) is 5.84. The standard InChI is InChI=1S/C28H34N2O5/c1-17(2)13-19(27(32)33)15-29-26(31)18-11-12-20(14-18)30-28(34)35-16-25-23-9-5-3-7-21(23)22-8-4-6-10-24(22)25/h3-10,17-20,25H,11-16H2,1-2H3,(H,29,31)(H,30,34)(H,32,33). The van der Waals surface area contributed by atoms with Crippen molar-refractivity contribution in [2.75, 3.05) is 13.2 Å². The highest BCUT2D eigenvalue weighted by molar-refractivity contribution is 5.80. The van der Waals surface area contributed by atoms with Gasteiger partial charge < -0.3 is 20.5 Å². The first-order valence-electron chi connectivity index (χ1n) is 12.5. The Morgan fingerprint density at radius 2 is 1.63 bits per heavy atom. The van der Waals surface area contributed by atoms with Gasteiger partial charge in [0.1, 0.15) is 6.61 Å². The molecule has 3 N–H and O–H groups in total. The Morgan fingerprint density at radius 3 is 2.23 bits per heavy atom. The molecule has 0 spiro atoms. The molecule has 0 bridgehead atoms. The molecule has 4 rings (SSSR count). The minimum atomic E-state index is -0.889. The third-order valence-corrected chi connectivity index (χ3v) is 7.10. The van der Waals surface area contributed by atoms with E-state index in [0.717, 1.165) is 11.1 Å². The second-order valence-corrected chi connectivity index (χ2v) is 10.1. The van der Waals surface area contributed by atoms with Crippen molar-refractivity contribution in [3.05, 3.63) is 59.7 Å². The van der Waals surface area contributed by atoms with Crippen LogP contribution >= 0.6 is 0 Å². The highest BCUT2D eigenvalue weighted by Crippen LogP contribution is 2.44. The zero-order valence-corrected chi connectivity index (χ0v) is 20.3. The fourth-order valence-electron chi connectivity index (χ4n) is 5.37. The Morgan fingerprint density at radius 1 is 1.00 bits per heavy atom. The second kappa shape index (κ2) is 10.9. The van der Waals surface area contributed by atoms with Gasteiger partial charge in [-0.05, 0) is 53.9 Å². The zero-order chi connectivity index (χ0) is 24.9. The van der Waals surface area contributed by atoms with Gasteiger partial charge in [-0.25, -0.2) is 4.79 Å². The topological polar surface area (TPSA) is 105 Å². The number of hydrogen-bond donors (Lipinski definition) is 3. The number of carbonyl (C=O) groups is 3. The van der Waals surface area contributed by atoms with Gasteiger partial charge in [-0.2, -0.15) is 0 Å². The molecular weight excluding hydrogens is 444 g/mol. The summed E-state index contributed by atoms with van der Waals surface area (Å²) in [6.45, 7) is 4.32. The molecule has 2 aliphatic carbocycles. The van der Waals surface area contributed by atoms with Gasteiger partial charge in [-0.1, -0.05) is 62.4 Å². The first-order valence-corrected chi connectivity index (χ1v) is 12.5. The average Bonchev–Trinajstić information content (AvgIpc) is 3.42. The van der Waals surface area contributed by atoms with E-state index in [1.165, 1.54) is 11.1 Å². The molecule has 2 aromatic rings. The van der Waals surface area contributed by atoms with Gasteiger partial charge in [0.15, 0.2) is 0 Å². The smallest absolute Gasteiger partial charge is 0.407 e. The number of amides is 2. The number of carboxylic acid groups (broad SMARTS) is 1. The van der Waals surface area contributed by atoms with Gasteiger partial charge >= 0.3 is 12.1 Å². The molecule has 0 radical (unpaired) electrons. The summed E-state index contributed by atoms with van der Waals surface area (Å²) in [7, 11) is 0. The fourth-order valence-corrected chi connectivity index (χ4v) is 5.37. The Labute approximate surface area is 206 Å². The average molecular weight is 479 g/mol. The van der Waals surface area contributed by atoms with E-state index in [4.69, 9.17) is 4.74 Å². The molecule has 186 valence electrons. The van der Waals surface area contributed by atoms with E-state index in [-0.39, 0.29) is 42.9 Å². The normalized spacial score (nSPS) is 19.6. The number of alkyl carbamates (subject to hydrolysis) is 1. The maximum Gasteiger partial charge on any atom is 0.407 e. The van der Waals surface area contributed by atoms with Crippen LogP contribution < -0.4 is 10.6 Å².